The molecular formula is C16H18Cl2N4O. The molecule has 0 atom stereocenters. The van der Waals surface area contributed by atoms with Crippen molar-refractivity contribution >= 4 is 29.0 Å². The summed E-state index contributed by atoms with van der Waals surface area (Å²) >= 11 is 12.0. The smallest absolute Gasteiger partial charge is 0.233 e. The van der Waals surface area contributed by atoms with Crippen LogP contribution in [-0.4, -0.2) is 48.2 Å². The fourth-order valence-electron chi connectivity index (χ4n) is 2.62. The van der Waals surface area contributed by atoms with Crippen molar-refractivity contribution in [2.24, 2.45) is 0 Å². The fraction of sp³-hybridized carbons (Fsp3) is 0.375. The monoisotopic (exact) mass is 352 g/mol. The number of hydrogen-bond acceptors (Lipinski definition) is 5. The molecule has 23 heavy (non-hydrogen) atoms. The van der Waals surface area contributed by atoms with Gasteiger partial charge in [-0.3, -0.25) is 9.88 Å². The minimum atomic E-state index is 0.542. The van der Waals surface area contributed by atoms with E-state index in [0.29, 0.717) is 15.9 Å². The molecule has 0 N–H and O–H groups in total. The third kappa shape index (κ3) is 4.05. The molecular weight excluding hydrogens is 335 g/mol. The molecule has 0 spiro atoms. The van der Waals surface area contributed by atoms with E-state index in [-0.39, 0.29) is 0 Å². The highest BCUT2D eigenvalue weighted by Gasteiger charge is 2.19. The lowest BCUT2D eigenvalue weighted by Gasteiger charge is -2.35. The Morgan fingerprint density at radius 3 is 2.57 bits per heavy atom. The molecule has 7 heteroatoms. The zero-order valence-corrected chi connectivity index (χ0v) is 14.4. The van der Waals surface area contributed by atoms with Crippen molar-refractivity contribution in [2.45, 2.75) is 6.54 Å². The normalized spacial score (nSPS) is 15.7. The Morgan fingerprint density at radius 2 is 1.87 bits per heavy atom. The van der Waals surface area contributed by atoms with Crippen LogP contribution in [0.1, 0.15) is 5.56 Å². The number of methoxy groups -OCH3 is 1. The molecule has 0 unspecified atom stereocenters. The molecule has 0 amide bonds. The van der Waals surface area contributed by atoms with E-state index in [1.165, 1.54) is 5.56 Å². The first-order chi connectivity index (χ1) is 11.2. The average Bonchev–Trinajstić information content (AvgIpc) is 2.59. The van der Waals surface area contributed by atoms with E-state index in [4.69, 9.17) is 27.9 Å². The highest BCUT2D eigenvalue weighted by Crippen LogP contribution is 2.24. The van der Waals surface area contributed by atoms with Gasteiger partial charge >= 0.3 is 0 Å². The van der Waals surface area contributed by atoms with Crippen LogP contribution in [0.15, 0.2) is 30.6 Å². The second kappa shape index (κ2) is 7.34. The fourth-order valence-corrected chi connectivity index (χ4v) is 2.94. The maximum Gasteiger partial charge on any atom is 0.233 e. The summed E-state index contributed by atoms with van der Waals surface area (Å²) in [6.45, 7) is 4.60. The first-order valence-corrected chi connectivity index (χ1v) is 8.18. The molecule has 5 nitrogen and oxygen atoms in total. The molecule has 1 fully saturated rings. The van der Waals surface area contributed by atoms with Crippen LogP contribution in [0, 0.1) is 0 Å². The van der Waals surface area contributed by atoms with Crippen LogP contribution in [0.5, 0.6) is 5.88 Å². The topological polar surface area (TPSA) is 41.5 Å². The zero-order chi connectivity index (χ0) is 16.2. The SMILES string of the molecule is COc1cncc(N2CCN(Cc3ccc(Cl)c(Cl)c3)CC2)n1. The van der Waals surface area contributed by atoms with Gasteiger partial charge in [0, 0.05) is 32.7 Å². The molecule has 3 rings (SSSR count). The number of rotatable bonds is 4. The summed E-state index contributed by atoms with van der Waals surface area (Å²) in [4.78, 5) is 13.2. The Hall–Kier alpha value is -1.56. The predicted octanol–water partition coefficient (Wildman–Crippen LogP) is 3.11. The predicted molar refractivity (Wildman–Crippen MR) is 92.5 cm³/mol. The number of benzene rings is 1. The van der Waals surface area contributed by atoms with E-state index in [0.717, 1.165) is 38.5 Å². The van der Waals surface area contributed by atoms with Crippen molar-refractivity contribution in [3.63, 3.8) is 0 Å². The highest BCUT2D eigenvalue weighted by atomic mass is 35.5. The van der Waals surface area contributed by atoms with Gasteiger partial charge in [-0.05, 0) is 17.7 Å². The number of ether oxygens (including phenoxy) is 1. The van der Waals surface area contributed by atoms with E-state index >= 15 is 0 Å². The molecule has 2 aromatic rings. The Morgan fingerprint density at radius 1 is 1.09 bits per heavy atom. The van der Waals surface area contributed by atoms with Crippen molar-refractivity contribution in [1.29, 1.82) is 0 Å². The highest BCUT2D eigenvalue weighted by molar-refractivity contribution is 6.42. The largest absolute Gasteiger partial charge is 0.480 e. The van der Waals surface area contributed by atoms with E-state index in [1.54, 1.807) is 19.5 Å². The van der Waals surface area contributed by atoms with Crippen molar-refractivity contribution in [1.82, 2.24) is 14.9 Å². The lowest BCUT2D eigenvalue weighted by atomic mass is 10.2. The number of piperazine rings is 1. The van der Waals surface area contributed by atoms with Crippen molar-refractivity contribution in [2.75, 3.05) is 38.2 Å². The standard InChI is InChI=1S/C16H18Cl2N4O/c1-23-16-10-19-9-15(20-16)22-6-4-21(5-7-22)11-12-2-3-13(17)14(18)8-12/h2-3,8-10H,4-7,11H2,1H3. The summed E-state index contributed by atoms with van der Waals surface area (Å²) in [5.74, 6) is 1.40. The van der Waals surface area contributed by atoms with Crippen molar-refractivity contribution in [3.8, 4) is 5.88 Å². The van der Waals surface area contributed by atoms with Crippen LogP contribution < -0.4 is 9.64 Å². The van der Waals surface area contributed by atoms with Gasteiger partial charge in [0.2, 0.25) is 5.88 Å². The average molecular weight is 353 g/mol. The minimum Gasteiger partial charge on any atom is -0.480 e. The van der Waals surface area contributed by atoms with E-state index in [2.05, 4.69) is 19.8 Å². The van der Waals surface area contributed by atoms with Crippen LogP contribution in [0.4, 0.5) is 5.82 Å². The molecule has 2 heterocycles. The number of aromatic nitrogens is 2. The van der Waals surface area contributed by atoms with Gasteiger partial charge in [0.05, 0.1) is 29.5 Å². The Labute approximate surface area is 145 Å². The first-order valence-electron chi connectivity index (χ1n) is 7.43. The third-order valence-corrected chi connectivity index (χ3v) is 4.63. The van der Waals surface area contributed by atoms with Crippen LogP contribution in [0.25, 0.3) is 0 Å². The Bertz CT molecular complexity index is 675. The summed E-state index contributed by atoms with van der Waals surface area (Å²) in [6.07, 6.45) is 3.39. The van der Waals surface area contributed by atoms with Gasteiger partial charge in [0.15, 0.2) is 5.82 Å². The number of hydrogen-bond donors (Lipinski definition) is 0. The first kappa shape index (κ1) is 16.3. The van der Waals surface area contributed by atoms with Gasteiger partial charge in [-0.2, -0.15) is 4.98 Å². The molecule has 1 aromatic heterocycles. The summed E-state index contributed by atoms with van der Waals surface area (Å²) in [5.41, 5.74) is 1.18. The maximum atomic E-state index is 6.08. The minimum absolute atomic E-state index is 0.542. The molecule has 1 aliphatic rings. The lowest BCUT2D eigenvalue weighted by molar-refractivity contribution is 0.249. The van der Waals surface area contributed by atoms with Crippen LogP contribution in [0.3, 0.4) is 0 Å². The van der Waals surface area contributed by atoms with Crippen molar-refractivity contribution in [3.05, 3.63) is 46.2 Å². The molecule has 0 radical (unpaired) electrons. The molecule has 1 aliphatic heterocycles. The number of nitrogens with zero attached hydrogens (tertiary/aromatic N) is 4. The molecule has 0 bridgehead atoms. The summed E-state index contributed by atoms with van der Waals surface area (Å²) in [5, 5.41) is 1.20. The maximum absolute atomic E-state index is 6.08. The molecule has 0 saturated carbocycles. The molecule has 122 valence electrons. The van der Waals surface area contributed by atoms with Gasteiger partial charge in [-0.1, -0.05) is 29.3 Å². The quantitative estimate of drug-likeness (QED) is 0.845. The zero-order valence-electron chi connectivity index (χ0n) is 12.9. The van der Waals surface area contributed by atoms with Crippen molar-refractivity contribution < 1.29 is 4.74 Å². The van der Waals surface area contributed by atoms with Gasteiger partial charge in [0.1, 0.15) is 0 Å². The van der Waals surface area contributed by atoms with Crippen LogP contribution >= 0.6 is 23.2 Å². The molecule has 1 saturated heterocycles. The Kier molecular flexibility index (Phi) is 5.20. The number of anilines is 1. The van der Waals surface area contributed by atoms with Gasteiger partial charge in [-0.15, -0.1) is 0 Å². The summed E-state index contributed by atoms with van der Waals surface area (Å²) < 4.78 is 5.13. The van der Waals surface area contributed by atoms with Gasteiger partial charge in [0.25, 0.3) is 0 Å². The second-order valence-corrected chi connectivity index (χ2v) is 6.25. The molecule has 1 aromatic carbocycles. The van der Waals surface area contributed by atoms with Crippen LogP contribution in [0.2, 0.25) is 10.0 Å². The summed E-state index contributed by atoms with van der Waals surface area (Å²) in [7, 11) is 1.60. The lowest BCUT2D eigenvalue weighted by Crippen LogP contribution is -2.46. The van der Waals surface area contributed by atoms with Crippen LogP contribution in [-0.2, 0) is 6.54 Å². The van der Waals surface area contributed by atoms with E-state index < -0.39 is 0 Å². The van der Waals surface area contributed by atoms with Gasteiger partial charge in [-0.25, -0.2) is 0 Å². The van der Waals surface area contributed by atoms with Gasteiger partial charge < -0.3 is 9.64 Å². The second-order valence-electron chi connectivity index (χ2n) is 5.43. The summed E-state index contributed by atoms with van der Waals surface area (Å²) in [6, 6.07) is 5.80. The van der Waals surface area contributed by atoms with E-state index in [1.807, 2.05) is 18.2 Å². The third-order valence-electron chi connectivity index (χ3n) is 3.90. The molecule has 0 aliphatic carbocycles. The number of halogens is 2. The van der Waals surface area contributed by atoms with E-state index in [9.17, 15) is 0 Å². The Balaban J connectivity index is 1.58.